The first-order valence-electron chi connectivity index (χ1n) is 6.44. The maximum absolute atomic E-state index is 13.2. The number of likely N-dealkylation sites (tertiary alicyclic amines) is 1. The fourth-order valence-corrected chi connectivity index (χ4v) is 2.91. The zero-order valence-corrected chi connectivity index (χ0v) is 10.5. The molecule has 1 amide bonds. The zero-order chi connectivity index (χ0) is 13.4. The van der Waals surface area contributed by atoms with Crippen LogP contribution in [0.25, 0.3) is 0 Å². The molecule has 1 N–H and O–H groups in total. The molecule has 0 aromatic rings. The molecular formula is C12H19F3N2O. The number of halogens is 3. The van der Waals surface area contributed by atoms with E-state index in [2.05, 4.69) is 5.32 Å². The van der Waals surface area contributed by atoms with Crippen molar-refractivity contribution in [3.8, 4) is 0 Å². The van der Waals surface area contributed by atoms with Crippen molar-refractivity contribution in [2.24, 2.45) is 11.3 Å². The molecule has 2 aliphatic rings. The molecule has 3 nitrogen and oxygen atoms in total. The Balaban J connectivity index is 2.19. The summed E-state index contributed by atoms with van der Waals surface area (Å²) in [7, 11) is 0. The Morgan fingerprint density at radius 2 is 2.17 bits per heavy atom. The number of nitrogens with one attached hydrogen (secondary N) is 1. The lowest BCUT2D eigenvalue weighted by Gasteiger charge is -2.38. The summed E-state index contributed by atoms with van der Waals surface area (Å²) in [6.07, 6.45) is -2.82. The standard InChI is InChI=1S/C12H19F3N2O/c1-9-3-2-6-17(7-9)10(18)11(12(13,14)15)4-5-16-8-11/h9,16H,2-8H2,1H3. The Kier molecular flexibility index (Phi) is 3.58. The zero-order valence-electron chi connectivity index (χ0n) is 10.5. The number of carbonyl (C=O) groups is 1. The van der Waals surface area contributed by atoms with Gasteiger partial charge in [0.15, 0.2) is 5.41 Å². The van der Waals surface area contributed by atoms with Crippen molar-refractivity contribution >= 4 is 5.91 Å². The van der Waals surface area contributed by atoms with Gasteiger partial charge < -0.3 is 10.2 Å². The van der Waals surface area contributed by atoms with E-state index in [0.29, 0.717) is 19.0 Å². The number of amides is 1. The van der Waals surface area contributed by atoms with Gasteiger partial charge in [-0.1, -0.05) is 6.92 Å². The van der Waals surface area contributed by atoms with E-state index in [1.54, 1.807) is 0 Å². The van der Waals surface area contributed by atoms with Gasteiger partial charge in [0.05, 0.1) is 0 Å². The van der Waals surface area contributed by atoms with E-state index in [9.17, 15) is 18.0 Å². The van der Waals surface area contributed by atoms with E-state index in [1.165, 1.54) is 4.90 Å². The first kappa shape index (κ1) is 13.6. The lowest BCUT2D eigenvalue weighted by Crippen LogP contribution is -2.55. The Morgan fingerprint density at radius 1 is 1.44 bits per heavy atom. The Morgan fingerprint density at radius 3 is 2.67 bits per heavy atom. The number of nitrogens with zero attached hydrogens (tertiary/aromatic N) is 1. The Hall–Kier alpha value is -0.780. The second kappa shape index (κ2) is 4.72. The van der Waals surface area contributed by atoms with Crippen LogP contribution in [-0.2, 0) is 4.79 Å². The van der Waals surface area contributed by atoms with Crippen molar-refractivity contribution in [2.75, 3.05) is 26.2 Å². The predicted octanol–water partition coefficient (Wildman–Crippen LogP) is 1.79. The molecule has 104 valence electrons. The SMILES string of the molecule is CC1CCCN(C(=O)C2(C(F)(F)F)CCNC2)C1. The summed E-state index contributed by atoms with van der Waals surface area (Å²) in [5.41, 5.74) is -2.19. The minimum absolute atomic E-state index is 0.139. The van der Waals surface area contributed by atoms with Gasteiger partial charge in [0.25, 0.3) is 0 Å². The van der Waals surface area contributed by atoms with Crippen molar-refractivity contribution in [3.05, 3.63) is 0 Å². The van der Waals surface area contributed by atoms with Gasteiger partial charge in [-0.2, -0.15) is 13.2 Å². The van der Waals surface area contributed by atoms with Crippen LogP contribution < -0.4 is 5.32 Å². The quantitative estimate of drug-likeness (QED) is 0.783. The number of alkyl halides is 3. The van der Waals surface area contributed by atoms with E-state index >= 15 is 0 Å². The molecule has 2 saturated heterocycles. The van der Waals surface area contributed by atoms with Crippen LogP contribution in [0.3, 0.4) is 0 Å². The van der Waals surface area contributed by atoms with Crippen LogP contribution in [0.4, 0.5) is 13.2 Å². The molecule has 0 radical (unpaired) electrons. The summed E-state index contributed by atoms with van der Waals surface area (Å²) in [6, 6.07) is 0. The van der Waals surface area contributed by atoms with Gasteiger partial charge in [0, 0.05) is 19.6 Å². The Labute approximate surface area is 105 Å². The molecule has 2 rings (SSSR count). The van der Waals surface area contributed by atoms with Crippen LogP contribution >= 0.6 is 0 Å². The largest absolute Gasteiger partial charge is 0.404 e. The summed E-state index contributed by atoms with van der Waals surface area (Å²) in [5, 5.41) is 2.68. The number of piperidine rings is 1. The third kappa shape index (κ3) is 2.22. The fraction of sp³-hybridized carbons (Fsp3) is 0.917. The lowest BCUT2D eigenvalue weighted by molar-refractivity contribution is -0.222. The smallest absolute Gasteiger partial charge is 0.342 e. The summed E-state index contributed by atoms with van der Waals surface area (Å²) in [6.45, 7) is 2.87. The highest BCUT2D eigenvalue weighted by molar-refractivity contribution is 5.84. The number of hydrogen-bond acceptors (Lipinski definition) is 2. The normalized spacial score (nSPS) is 33.8. The van der Waals surface area contributed by atoms with Gasteiger partial charge in [-0.3, -0.25) is 4.79 Å². The molecule has 0 aliphatic carbocycles. The van der Waals surface area contributed by atoms with E-state index < -0.39 is 17.5 Å². The molecule has 6 heteroatoms. The molecule has 0 aromatic heterocycles. The van der Waals surface area contributed by atoms with Crippen LogP contribution in [0.1, 0.15) is 26.2 Å². The summed E-state index contributed by atoms with van der Waals surface area (Å²) < 4.78 is 39.7. The van der Waals surface area contributed by atoms with E-state index in [1.807, 2.05) is 6.92 Å². The number of hydrogen-bond donors (Lipinski definition) is 1. The second-order valence-corrected chi connectivity index (χ2v) is 5.51. The summed E-state index contributed by atoms with van der Waals surface area (Å²) in [4.78, 5) is 13.7. The average Bonchev–Trinajstić information content (AvgIpc) is 2.77. The molecule has 2 heterocycles. The summed E-state index contributed by atoms with van der Waals surface area (Å²) in [5.74, 6) is -0.436. The number of rotatable bonds is 1. The van der Waals surface area contributed by atoms with E-state index in [-0.39, 0.29) is 19.5 Å². The molecule has 18 heavy (non-hydrogen) atoms. The first-order chi connectivity index (χ1) is 8.37. The van der Waals surface area contributed by atoms with Crippen molar-refractivity contribution in [2.45, 2.75) is 32.4 Å². The topological polar surface area (TPSA) is 32.3 Å². The van der Waals surface area contributed by atoms with Crippen molar-refractivity contribution in [1.29, 1.82) is 0 Å². The van der Waals surface area contributed by atoms with Gasteiger partial charge in [0.1, 0.15) is 0 Å². The molecule has 2 fully saturated rings. The minimum Gasteiger partial charge on any atom is -0.342 e. The minimum atomic E-state index is -4.46. The van der Waals surface area contributed by atoms with Crippen molar-refractivity contribution in [3.63, 3.8) is 0 Å². The third-order valence-corrected chi connectivity index (χ3v) is 4.05. The average molecular weight is 264 g/mol. The fourth-order valence-electron chi connectivity index (χ4n) is 2.91. The summed E-state index contributed by atoms with van der Waals surface area (Å²) >= 11 is 0. The van der Waals surface area contributed by atoms with Gasteiger partial charge in [-0.25, -0.2) is 0 Å². The molecule has 2 atom stereocenters. The molecule has 0 bridgehead atoms. The van der Waals surface area contributed by atoms with Crippen molar-refractivity contribution < 1.29 is 18.0 Å². The third-order valence-electron chi connectivity index (χ3n) is 4.05. The predicted molar refractivity (Wildman–Crippen MR) is 61.0 cm³/mol. The molecular weight excluding hydrogens is 245 g/mol. The highest BCUT2D eigenvalue weighted by atomic mass is 19.4. The van der Waals surface area contributed by atoms with Crippen LogP contribution in [0.5, 0.6) is 0 Å². The highest BCUT2D eigenvalue weighted by Crippen LogP contribution is 2.44. The van der Waals surface area contributed by atoms with Gasteiger partial charge in [-0.15, -0.1) is 0 Å². The maximum atomic E-state index is 13.2. The lowest BCUT2D eigenvalue weighted by atomic mass is 9.83. The molecule has 2 unspecified atom stereocenters. The second-order valence-electron chi connectivity index (χ2n) is 5.51. The first-order valence-corrected chi connectivity index (χ1v) is 6.44. The maximum Gasteiger partial charge on any atom is 0.404 e. The Bertz CT molecular complexity index is 324. The van der Waals surface area contributed by atoms with Crippen LogP contribution in [0.15, 0.2) is 0 Å². The van der Waals surface area contributed by atoms with Crippen LogP contribution in [0.2, 0.25) is 0 Å². The van der Waals surface area contributed by atoms with Crippen molar-refractivity contribution in [1.82, 2.24) is 10.2 Å². The van der Waals surface area contributed by atoms with E-state index in [0.717, 1.165) is 12.8 Å². The molecule has 2 aliphatic heterocycles. The van der Waals surface area contributed by atoms with Gasteiger partial charge >= 0.3 is 6.18 Å². The molecule has 0 saturated carbocycles. The van der Waals surface area contributed by atoms with Crippen LogP contribution in [-0.4, -0.2) is 43.2 Å². The molecule has 0 aromatic carbocycles. The van der Waals surface area contributed by atoms with Crippen LogP contribution in [0, 0.1) is 11.3 Å². The van der Waals surface area contributed by atoms with Gasteiger partial charge in [-0.05, 0) is 31.7 Å². The van der Waals surface area contributed by atoms with Gasteiger partial charge in [0.2, 0.25) is 5.91 Å². The molecule has 0 spiro atoms. The van der Waals surface area contributed by atoms with E-state index in [4.69, 9.17) is 0 Å². The number of carbonyl (C=O) groups excluding carboxylic acids is 1. The highest BCUT2D eigenvalue weighted by Gasteiger charge is 2.62. The monoisotopic (exact) mass is 264 g/mol.